The Morgan fingerprint density at radius 2 is 2.20 bits per heavy atom. The van der Waals surface area contributed by atoms with Gasteiger partial charge in [-0.1, -0.05) is 38.1 Å². The molecule has 1 aromatic carbocycles. The molecule has 6 heteroatoms. The zero-order chi connectivity index (χ0) is 17.6. The number of hydrogen-bond acceptors (Lipinski definition) is 5. The van der Waals surface area contributed by atoms with Crippen LogP contribution in [0.15, 0.2) is 29.6 Å². The summed E-state index contributed by atoms with van der Waals surface area (Å²) in [7, 11) is 0. The lowest BCUT2D eigenvalue weighted by Gasteiger charge is -2.09. The van der Waals surface area contributed by atoms with Gasteiger partial charge in [0.05, 0.1) is 18.4 Å². The fourth-order valence-electron chi connectivity index (χ4n) is 2.72. The maximum absolute atomic E-state index is 11.9. The van der Waals surface area contributed by atoms with Crippen LogP contribution in [0.2, 0.25) is 0 Å². The van der Waals surface area contributed by atoms with E-state index in [1.54, 1.807) is 0 Å². The summed E-state index contributed by atoms with van der Waals surface area (Å²) < 4.78 is 10.9. The highest BCUT2D eigenvalue weighted by atomic mass is 32.1. The molecule has 1 amide bonds. The molecule has 0 saturated carbocycles. The molecule has 0 radical (unpaired) electrons. The minimum Gasteiger partial charge on any atom is -0.376 e. The van der Waals surface area contributed by atoms with Crippen LogP contribution in [0.4, 0.5) is 5.13 Å². The molecule has 0 aliphatic carbocycles. The molecule has 1 N–H and O–H groups in total. The van der Waals surface area contributed by atoms with Gasteiger partial charge in [-0.05, 0) is 24.3 Å². The molecule has 1 saturated heterocycles. The highest BCUT2D eigenvalue weighted by Gasteiger charge is 2.16. The predicted molar refractivity (Wildman–Crippen MR) is 100 cm³/mol. The lowest BCUT2D eigenvalue weighted by atomic mass is 10.0. The van der Waals surface area contributed by atoms with Crippen molar-refractivity contribution in [2.75, 3.05) is 25.1 Å². The van der Waals surface area contributed by atoms with E-state index in [9.17, 15) is 4.79 Å². The third-order valence-electron chi connectivity index (χ3n) is 4.18. The summed E-state index contributed by atoms with van der Waals surface area (Å²) in [5, 5.41) is 5.33. The van der Waals surface area contributed by atoms with Gasteiger partial charge < -0.3 is 9.47 Å². The van der Waals surface area contributed by atoms with E-state index in [4.69, 9.17) is 9.47 Å². The number of aromatic nitrogens is 1. The third kappa shape index (κ3) is 5.11. The van der Waals surface area contributed by atoms with Crippen LogP contribution < -0.4 is 5.32 Å². The van der Waals surface area contributed by atoms with Crippen molar-refractivity contribution in [1.29, 1.82) is 0 Å². The van der Waals surface area contributed by atoms with Gasteiger partial charge in [-0.15, -0.1) is 11.3 Å². The van der Waals surface area contributed by atoms with Gasteiger partial charge in [0.25, 0.3) is 5.91 Å². The van der Waals surface area contributed by atoms with Gasteiger partial charge in [0, 0.05) is 17.6 Å². The minimum atomic E-state index is -0.186. The number of ether oxygens (including phenoxy) is 2. The standard InChI is InChI=1S/C19H24N2O3S/c1-13(2)14-5-7-15(8-6-14)17-12-25-19(20-17)21-18(22)11-23-10-16-4-3-9-24-16/h5-8,12-13,16H,3-4,9-11H2,1-2H3,(H,20,21,22). The Labute approximate surface area is 152 Å². The molecular weight excluding hydrogens is 336 g/mol. The number of anilines is 1. The molecule has 134 valence electrons. The lowest BCUT2D eigenvalue weighted by molar-refractivity contribution is -0.121. The molecule has 0 bridgehead atoms. The van der Waals surface area contributed by atoms with Crippen LogP contribution in [0.3, 0.4) is 0 Å². The van der Waals surface area contributed by atoms with Gasteiger partial charge in [-0.2, -0.15) is 0 Å². The second kappa shape index (κ2) is 8.56. The maximum atomic E-state index is 11.9. The van der Waals surface area contributed by atoms with E-state index < -0.39 is 0 Å². The monoisotopic (exact) mass is 360 g/mol. The summed E-state index contributed by atoms with van der Waals surface area (Å²) >= 11 is 1.42. The van der Waals surface area contributed by atoms with Crippen LogP contribution in [-0.4, -0.2) is 36.8 Å². The van der Waals surface area contributed by atoms with Gasteiger partial charge in [0.2, 0.25) is 0 Å². The van der Waals surface area contributed by atoms with Gasteiger partial charge in [0.15, 0.2) is 5.13 Å². The quantitative estimate of drug-likeness (QED) is 0.809. The number of hydrogen-bond donors (Lipinski definition) is 1. The van der Waals surface area contributed by atoms with Crippen molar-refractivity contribution in [3.8, 4) is 11.3 Å². The molecule has 1 aliphatic heterocycles. The number of carbonyl (C=O) groups is 1. The molecule has 1 atom stereocenters. The van der Waals surface area contributed by atoms with Crippen molar-refractivity contribution in [3.05, 3.63) is 35.2 Å². The second-order valence-corrected chi connectivity index (χ2v) is 7.37. The predicted octanol–water partition coefficient (Wildman–Crippen LogP) is 4.07. The topological polar surface area (TPSA) is 60.5 Å². The van der Waals surface area contributed by atoms with E-state index in [-0.39, 0.29) is 18.6 Å². The van der Waals surface area contributed by atoms with Gasteiger partial charge in [-0.25, -0.2) is 4.98 Å². The summed E-state index contributed by atoms with van der Waals surface area (Å²) in [5.41, 5.74) is 3.22. The number of nitrogens with zero attached hydrogens (tertiary/aromatic N) is 1. The molecule has 0 spiro atoms. The molecule has 5 nitrogen and oxygen atoms in total. The molecular formula is C19H24N2O3S. The summed E-state index contributed by atoms with van der Waals surface area (Å²) in [4.78, 5) is 16.4. The third-order valence-corrected chi connectivity index (χ3v) is 4.94. The van der Waals surface area contributed by atoms with E-state index in [1.807, 2.05) is 5.38 Å². The first-order valence-electron chi connectivity index (χ1n) is 8.67. The van der Waals surface area contributed by atoms with Crippen LogP contribution in [0.1, 0.15) is 38.2 Å². The molecule has 25 heavy (non-hydrogen) atoms. The van der Waals surface area contributed by atoms with Gasteiger partial charge >= 0.3 is 0 Å². The lowest BCUT2D eigenvalue weighted by Crippen LogP contribution is -2.22. The maximum Gasteiger partial charge on any atom is 0.252 e. The van der Waals surface area contributed by atoms with Crippen LogP contribution in [0, 0.1) is 0 Å². The van der Waals surface area contributed by atoms with Crippen molar-refractivity contribution in [2.24, 2.45) is 0 Å². The Kier molecular flexibility index (Phi) is 6.18. The highest BCUT2D eigenvalue weighted by molar-refractivity contribution is 7.14. The van der Waals surface area contributed by atoms with Crippen molar-refractivity contribution >= 4 is 22.4 Å². The first-order valence-corrected chi connectivity index (χ1v) is 9.55. The summed E-state index contributed by atoms with van der Waals surface area (Å²) in [6.45, 7) is 5.63. The Morgan fingerprint density at radius 1 is 1.40 bits per heavy atom. The number of rotatable bonds is 7. The average molecular weight is 360 g/mol. The molecule has 2 heterocycles. The Balaban J connectivity index is 1.49. The zero-order valence-electron chi connectivity index (χ0n) is 14.7. The minimum absolute atomic E-state index is 0.0257. The van der Waals surface area contributed by atoms with E-state index in [0.717, 1.165) is 30.7 Å². The molecule has 1 aliphatic rings. The summed E-state index contributed by atoms with van der Waals surface area (Å²) in [5.74, 6) is 0.322. The second-order valence-electron chi connectivity index (χ2n) is 6.51. The van der Waals surface area contributed by atoms with Crippen LogP contribution in [0.25, 0.3) is 11.3 Å². The number of benzene rings is 1. The zero-order valence-corrected chi connectivity index (χ0v) is 15.5. The fourth-order valence-corrected chi connectivity index (χ4v) is 3.45. The number of carbonyl (C=O) groups excluding carboxylic acids is 1. The number of nitrogens with one attached hydrogen (secondary N) is 1. The van der Waals surface area contributed by atoms with E-state index in [2.05, 4.69) is 48.4 Å². The fraction of sp³-hybridized carbons (Fsp3) is 0.474. The van der Waals surface area contributed by atoms with Gasteiger partial charge in [-0.3, -0.25) is 10.1 Å². The number of thiazole rings is 1. The summed E-state index contributed by atoms with van der Waals surface area (Å²) in [6, 6.07) is 8.38. The highest BCUT2D eigenvalue weighted by Crippen LogP contribution is 2.26. The van der Waals surface area contributed by atoms with E-state index in [1.165, 1.54) is 16.9 Å². The molecule has 3 rings (SSSR count). The normalized spacial score (nSPS) is 17.2. The van der Waals surface area contributed by atoms with Crippen molar-refractivity contribution in [3.63, 3.8) is 0 Å². The van der Waals surface area contributed by atoms with Crippen molar-refractivity contribution in [2.45, 2.75) is 38.7 Å². The van der Waals surface area contributed by atoms with E-state index >= 15 is 0 Å². The number of amides is 1. The van der Waals surface area contributed by atoms with E-state index in [0.29, 0.717) is 17.7 Å². The SMILES string of the molecule is CC(C)c1ccc(-c2csc(NC(=O)COCC3CCCO3)n2)cc1. The molecule has 2 aromatic rings. The van der Waals surface area contributed by atoms with Crippen LogP contribution >= 0.6 is 11.3 Å². The first-order chi connectivity index (χ1) is 12.1. The Bertz CT molecular complexity index is 691. The summed E-state index contributed by atoms with van der Waals surface area (Å²) in [6.07, 6.45) is 2.21. The van der Waals surface area contributed by atoms with Crippen molar-refractivity contribution in [1.82, 2.24) is 4.98 Å². The van der Waals surface area contributed by atoms with Gasteiger partial charge in [0.1, 0.15) is 6.61 Å². The molecule has 1 unspecified atom stereocenters. The molecule has 1 fully saturated rings. The average Bonchev–Trinajstić information content (AvgIpc) is 3.27. The smallest absolute Gasteiger partial charge is 0.252 e. The largest absolute Gasteiger partial charge is 0.376 e. The Morgan fingerprint density at radius 3 is 2.88 bits per heavy atom. The molecule has 1 aromatic heterocycles. The Hall–Kier alpha value is -1.76. The van der Waals surface area contributed by atoms with Crippen LogP contribution in [-0.2, 0) is 14.3 Å². The van der Waals surface area contributed by atoms with Crippen LogP contribution in [0.5, 0.6) is 0 Å². The van der Waals surface area contributed by atoms with Crippen molar-refractivity contribution < 1.29 is 14.3 Å². The first kappa shape index (κ1) is 18.0.